The molecule has 1 fully saturated rings. The normalized spacial score (nSPS) is 17.5. The lowest BCUT2D eigenvalue weighted by Crippen LogP contribution is -2.04. The van der Waals surface area contributed by atoms with E-state index in [4.69, 9.17) is 21.1 Å². The van der Waals surface area contributed by atoms with Crippen LogP contribution in [0.3, 0.4) is 0 Å². The molecule has 0 aromatic heterocycles. The number of rotatable bonds is 4. The van der Waals surface area contributed by atoms with Crippen LogP contribution in [-0.2, 0) is 4.74 Å². The van der Waals surface area contributed by atoms with Gasteiger partial charge in [-0.25, -0.2) is 0 Å². The summed E-state index contributed by atoms with van der Waals surface area (Å²) in [5.74, 6) is 0.715. The number of hydrogen-bond donors (Lipinski definition) is 0. The predicted molar refractivity (Wildman–Crippen MR) is 72.1 cm³/mol. The predicted octanol–water partition coefficient (Wildman–Crippen LogP) is 3.78. The van der Waals surface area contributed by atoms with E-state index in [0.29, 0.717) is 17.4 Å². The zero-order chi connectivity index (χ0) is 12.4. The molecule has 1 unspecified atom stereocenters. The van der Waals surface area contributed by atoms with E-state index in [1.54, 1.807) is 0 Å². The minimum atomic E-state index is 0.245. The Hall–Kier alpha value is -1.51. The lowest BCUT2D eigenvalue weighted by Gasteiger charge is -2.08. The van der Waals surface area contributed by atoms with Crippen molar-refractivity contribution in [3.05, 3.63) is 53.6 Å². The van der Waals surface area contributed by atoms with Crippen LogP contribution in [0.4, 0.5) is 0 Å². The summed E-state index contributed by atoms with van der Waals surface area (Å²) in [5.41, 5.74) is 2.24. The molecule has 0 radical (unpaired) electrons. The van der Waals surface area contributed by atoms with Crippen LogP contribution >= 0.6 is 11.6 Å². The van der Waals surface area contributed by atoms with Gasteiger partial charge in [0.2, 0.25) is 0 Å². The first-order valence-electron chi connectivity index (χ1n) is 5.92. The second kappa shape index (κ2) is 5.01. The van der Waals surface area contributed by atoms with Gasteiger partial charge >= 0.3 is 0 Å². The summed E-state index contributed by atoms with van der Waals surface area (Å²) in [5, 5.41) is 0.636. The highest BCUT2D eigenvalue weighted by Gasteiger charge is 2.23. The molecule has 1 heterocycles. The monoisotopic (exact) mass is 260 g/mol. The standard InChI is InChI=1S/C15H13ClO2/c16-14-8-12(11-4-2-1-3-5-11)6-7-15(14)18-10-13-9-17-13/h1-8,13H,9-10H2. The summed E-state index contributed by atoms with van der Waals surface area (Å²) in [6.45, 7) is 1.37. The molecule has 3 rings (SSSR count). The van der Waals surface area contributed by atoms with Crippen molar-refractivity contribution in [1.82, 2.24) is 0 Å². The third kappa shape index (κ3) is 2.66. The summed E-state index contributed by atoms with van der Waals surface area (Å²) < 4.78 is 10.7. The molecule has 92 valence electrons. The minimum Gasteiger partial charge on any atom is -0.489 e. The third-order valence-corrected chi connectivity index (χ3v) is 3.16. The summed E-state index contributed by atoms with van der Waals surface area (Å²) in [7, 11) is 0. The molecule has 0 N–H and O–H groups in total. The van der Waals surface area contributed by atoms with Crippen LogP contribution in [0, 0.1) is 0 Å². The van der Waals surface area contributed by atoms with Crippen LogP contribution in [-0.4, -0.2) is 19.3 Å². The Bertz CT molecular complexity index is 535. The van der Waals surface area contributed by atoms with Crippen molar-refractivity contribution in [2.45, 2.75) is 6.10 Å². The molecular weight excluding hydrogens is 248 g/mol. The summed E-state index contributed by atoms with van der Waals surface area (Å²) >= 11 is 6.22. The first-order valence-corrected chi connectivity index (χ1v) is 6.30. The van der Waals surface area contributed by atoms with Gasteiger partial charge in [-0.15, -0.1) is 0 Å². The van der Waals surface area contributed by atoms with Crippen molar-refractivity contribution in [3.63, 3.8) is 0 Å². The molecule has 2 aromatic carbocycles. The summed E-state index contributed by atoms with van der Waals surface area (Å²) in [4.78, 5) is 0. The van der Waals surface area contributed by atoms with Crippen molar-refractivity contribution >= 4 is 11.6 Å². The zero-order valence-corrected chi connectivity index (χ0v) is 10.6. The van der Waals surface area contributed by atoms with Gasteiger partial charge in [0.15, 0.2) is 0 Å². The van der Waals surface area contributed by atoms with Gasteiger partial charge in [0.25, 0.3) is 0 Å². The minimum absolute atomic E-state index is 0.245. The Morgan fingerprint density at radius 3 is 2.56 bits per heavy atom. The maximum absolute atomic E-state index is 6.22. The maximum Gasteiger partial charge on any atom is 0.138 e. The van der Waals surface area contributed by atoms with Crippen molar-refractivity contribution in [1.29, 1.82) is 0 Å². The Balaban J connectivity index is 1.79. The van der Waals surface area contributed by atoms with Crippen molar-refractivity contribution in [3.8, 4) is 16.9 Å². The number of hydrogen-bond acceptors (Lipinski definition) is 2. The average Bonchev–Trinajstić information content (AvgIpc) is 3.22. The van der Waals surface area contributed by atoms with Crippen LogP contribution in [0.5, 0.6) is 5.75 Å². The van der Waals surface area contributed by atoms with Crippen LogP contribution in [0.25, 0.3) is 11.1 Å². The van der Waals surface area contributed by atoms with Crippen molar-refractivity contribution in [2.75, 3.05) is 13.2 Å². The summed E-state index contributed by atoms with van der Waals surface area (Å²) in [6, 6.07) is 16.0. The molecular formula is C15H13ClO2. The van der Waals surface area contributed by atoms with Gasteiger partial charge in [0, 0.05) is 0 Å². The van der Waals surface area contributed by atoms with E-state index in [9.17, 15) is 0 Å². The molecule has 3 heteroatoms. The van der Waals surface area contributed by atoms with Gasteiger partial charge in [-0.3, -0.25) is 0 Å². The second-order valence-electron chi connectivity index (χ2n) is 4.28. The molecule has 1 atom stereocenters. The van der Waals surface area contributed by atoms with Crippen LogP contribution in [0.2, 0.25) is 5.02 Å². The highest BCUT2D eigenvalue weighted by Crippen LogP contribution is 2.30. The molecule has 2 nitrogen and oxygen atoms in total. The van der Waals surface area contributed by atoms with E-state index in [2.05, 4.69) is 12.1 Å². The van der Waals surface area contributed by atoms with Crippen molar-refractivity contribution in [2.24, 2.45) is 0 Å². The van der Waals surface area contributed by atoms with E-state index >= 15 is 0 Å². The van der Waals surface area contributed by atoms with Gasteiger partial charge in [0.1, 0.15) is 18.5 Å². The molecule has 0 amide bonds. The first kappa shape index (κ1) is 11.6. The molecule has 1 aliphatic rings. The fourth-order valence-corrected chi connectivity index (χ4v) is 2.01. The Morgan fingerprint density at radius 1 is 1.11 bits per heavy atom. The lowest BCUT2D eigenvalue weighted by molar-refractivity contribution is 0.263. The van der Waals surface area contributed by atoms with Gasteiger partial charge in [0.05, 0.1) is 11.6 Å². The molecule has 0 bridgehead atoms. The lowest BCUT2D eigenvalue weighted by atomic mass is 10.1. The van der Waals surface area contributed by atoms with Crippen molar-refractivity contribution < 1.29 is 9.47 Å². The summed E-state index contributed by atoms with van der Waals surface area (Å²) in [6.07, 6.45) is 0.245. The number of halogens is 1. The smallest absolute Gasteiger partial charge is 0.138 e. The third-order valence-electron chi connectivity index (χ3n) is 2.87. The molecule has 1 aliphatic heterocycles. The van der Waals surface area contributed by atoms with Crippen LogP contribution in [0.1, 0.15) is 0 Å². The van der Waals surface area contributed by atoms with Crippen LogP contribution in [0.15, 0.2) is 48.5 Å². The Kier molecular flexibility index (Phi) is 3.22. The number of ether oxygens (including phenoxy) is 2. The SMILES string of the molecule is Clc1cc(-c2ccccc2)ccc1OCC1CO1. The van der Waals surface area contributed by atoms with E-state index < -0.39 is 0 Å². The highest BCUT2D eigenvalue weighted by molar-refractivity contribution is 6.32. The average molecular weight is 261 g/mol. The van der Waals surface area contributed by atoms with E-state index in [1.807, 2.05) is 36.4 Å². The number of epoxide rings is 1. The fraction of sp³-hybridized carbons (Fsp3) is 0.200. The van der Waals surface area contributed by atoms with Gasteiger partial charge in [-0.2, -0.15) is 0 Å². The molecule has 18 heavy (non-hydrogen) atoms. The van der Waals surface area contributed by atoms with Crippen LogP contribution < -0.4 is 4.74 Å². The molecule has 0 spiro atoms. The molecule has 0 aliphatic carbocycles. The van der Waals surface area contributed by atoms with Gasteiger partial charge in [-0.1, -0.05) is 48.0 Å². The van der Waals surface area contributed by atoms with Gasteiger partial charge < -0.3 is 9.47 Å². The molecule has 0 saturated carbocycles. The molecule has 2 aromatic rings. The molecule has 1 saturated heterocycles. The fourth-order valence-electron chi connectivity index (χ4n) is 1.78. The van der Waals surface area contributed by atoms with E-state index in [1.165, 1.54) is 0 Å². The second-order valence-corrected chi connectivity index (χ2v) is 4.68. The van der Waals surface area contributed by atoms with E-state index in [-0.39, 0.29) is 6.10 Å². The first-order chi connectivity index (χ1) is 8.83. The maximum atomic E-state index is 6.22. The Labute approximate surface area is 111 Å². The highest BCUT2D eigenvalue weighted by atomic mass is 35.5. The van der Waals surface area contributed by atoms with Gasteiger partial charge in [-0.05, 0) is 23.3 Å². The quantitative estimate of drug-likeness (QED) is 0.781. The van der Waals surface area contributed by atoms with E-state index in [0.717, 1.165) is 17.7 Å². The topological polar surface area (TPSA) is 21.8 Å². The Morgan fingerprint density at radius 2 is 1.89 bits per heavy atom. The zero-order valence-electron chi connectivity index (χ0n) is 9.80. The number of benzene rings is 2. The largest absolute Gasteiger partial charge is 0.489 e.